The lowest BCUT2D eigenvalue weighted by Crippen LogP contribution is -2.36. The lowest BCUT2D eigenvalue weighted by atomic mass is 9.83. The van der Waals surface area contributed by atoms with Crippen LogP contribution in [0.1, 0.15) is 37.6 Å². The number of carbonyl (C=O) groups excluding carboxylic acids is 1. The molecule has 1 amide bonds. The zero-order valence-corrected chi connectivity index (χ0v) is 13.2. The standard InChI is InChI=1S/C15H19BrN2O/c1-15(2,3)12-6-8-18(9-7-12)14(19)11-4-5-13(16)17-10-11/h4-6,10H,7-9H2,1-3H3. The van der Waals surface area contributed by atoms with Crippen LogP contribution in [0.25, 0.3) is 0 Å². The van der Waals surface area contributed by atoms with Crippen LogP contribution < -0.4 is 0 Å². The zero-order valence-electron chi connectivity index (χ0n) is 11.6. The van der Waals surface area contributed by atoms with E-state index in [4.69, 9.17) is 0 Å². The van der Waals surface area contributed by atoms with E-state index in [1.807, 2.05) is 11.0 Å². The van der Waals surface area contributed by atoms with Gasteiger partial charge in [0.2, 0.25) is 0 Å². The molecule has 3 nitrogen and oxygen atoms in total. The summed E-state index contributed by atoms with van der Waals surface area (Å²) in [4.78, 5) is 18.3. The van der Waals surface area contributed by atoms with Gasteiger partial charge in [-0.15, -0.1) is 0 Å². The first-order valence-corrected chi connectivity index (χ1v) is 7.27. The molecule has 0 N–H and O–H groups in total. The molecule has 2 rings (SSSR count). The Balaban J connectivity index is 2.07. The lowest BCUT2D eigenvalue weighted by Gasteiger charge is -2.32. The Hall–Kier alpha value is -1.16. The monoisotopic (exact) mass is 322 g/mol. The Labute approximate surface area is 122 Å². The van der Waals surface area contributed by atoms with Gasteiger partial charge in [-0.25, -0.2) is 4.98 Å². The molecule has 0 unspecified atom stereocenters. The predicted octanol–water partition coefficient (Wildman–Crippen LogP) is 3.66. The largest absolute Gasteiger partial charge is 0.335 e. The van der Waals surface area contributed by atoms with Crippen molar-refractivity contribution in [2.45, 2.75) is 27.2 Å². The fourth-order valence-corrected chi connectivity index (χ4v) is 2.45. The highest BCUT2D eigenvalue weighted by Gasteiger charge is 2.24. The van der Waals surface area contributed by atoms with Crippen molar-refractivity contribution in [3.63, 3.8) is 0 Å². The topological polar surface area (TPSA) is 33.2 Å². The summed E-state index contributed by atoms with van der Waals surface area (Å²) in [5, 5.41) is 0. The minimum atomic E-state index is 0.0595. The van der Waals surface area contributed by atoms with Gasteiger partial charge in [-0.3, -0.25) is 4.79 Å². The zero-order chi connectivity index (χ0) is 14.0. The van der Waals surface area contributed by atoms with Crippen LogP contribution in [0.2, 0.25) is 0 Å². The van der Waals surface area contributed by atoms with Crippen molar-refractivity contribution in [2.75, 3.05) is 13.1 Å². The van der Waals surface area contributed by atoms with Crippen LogP contribution in [-0.4, -0.2) is 28.9 Å². The molecule has 19 heavy (non-hydrogen) atoms. The minimum absolute atomic E-state index is 0.0595. The first-order valence-electron chi connectivity index (χ1n) is 6.48. The van der Waals surface area contributed by atoms with Crippen LogP contribution in [0.15, 0.2) is 34.6 Å². The molecule has 2 heterocycles. The first kappa shape index (κ1) is 14.3. The third-order valence-electron chi connectivity index (χ3n) is 3.43. The minimum Gasteiger partial charge on any atom is -0.335 e. The summed E-state index contributed by atoms with van der Waals surface area (Å²) in [5.41, 5.74) is 2.29. The summed E-state index contributed by atoms with van der Waals surface area (Å²) in [6.45, 7) is 8.14. The molecule has 4 heteroatoms. The third kappa shape index (κ3) is 3.44. The van der Waals surface area contributed by atoms with Crippen molar-refractivity contribution in [2.24, 2.45) is 5.41 Å². The number of hydrogen-bond acceptors (Lipinski definition) is 2. The highest BCUT2D eigenvalue weighted by atomic mass is 79.9. The molecule has 1 aliphatic heterocycles. The predicted molar refractivity (Wildman–Crippen MR) is 80.0 cm³/mol. The molecule has 0 fully saturated rings. The van der Waals surface area contributed by atoms with Gasteiger partial charge < -0.3 is 4.90 Å². The number of nitrogens with zero attached hydrogens (tertiary/aromatic N) is 2. The van der Waals surface area contributed by atoms with Gasteiger partial charge in [-0.05, 0) is 39.9 Å². The molecule has 1 aromatic rings. The van der Waals surface area contributed by atoms with Crippen LogP contribution >= 0.6 is 15.9 Å². The second kappa shape index (κ2) is 5.45. The molecule has 0 bridgehead atoms. The maximum Gasteiger partial charge on any atom is 0.255 e. The van der Waals surface area contributed by atoms with Crippen molar-refractivity contribution >= 4 is 21.8 Å². The molecule has 0 radical (unpaired) electrons. The van der Waals surface area contributed by atoms with Gasteiger partial charge in [0, 0.05) is 19.3 Å². The van der Waals surface area contributed by atoms with Crippen LogP contribution in [0.4, 0.5) is 0 Å². The summed E-state index contributed by atoms with van der Waals surface area (Å²) < 4.78 is 0.748. The van der Waals surface area contributed by atoms with Crippen molar-refractivity contribution in [3.8, 4) is 0 Å². The van der Waals surface area contributed by atoms with Crippen LogP contribution in [0.3, 0.4) is 0 Å². The van der Waals surface area contributed by atoms with Crippen LogP contribution in [0.5, 0.6) is 0 Å². The summed E-state index contributed by atoms with van der Waals surface area (Å²) in [5.74, 6) is 0.0595. The number of aromatic nitrogens is 1. The van der Waals surface area contributed by atoms with E-state index in [2.05, 4.69) is 47.8 Å². The Kier molecular flexibility index (Phi) is 4.09. The van der Waals surface area contributed by atoms with E-state index in [-0.39, 0.29) is 11.3 Å². The quantitative estimate of drug-likeness (QED) is 0.584. The van der Waals surface area contributed by atoms with E-state index in [9.17, 15) is 4.79 Å². The Morgan fingerprint density at radius 3 is 2.58 bits per heavy atom. The van der Waals surface area contributed by atoms with E-state index < -0.39 is 0 Å². The molecule has 0 aromatic carbocycles. The molecule has 102 valence electrons. The fraction of sp³-hybridized carbons (Fsp3) is 0.467. The molecule has 1 aromatic heterocycles. The highest BCUT2D eigenvalue weighted by molar-refractivity contribution is 9.10. The number of halogens is 1. The summed E-state index contributed by atoms with van der Waals surface area (Å²) >= 11 is 3.27. The van der Waals surface area contributed by atoms with Gasteiger partial charge in [-0.2, -0.15) is 0 Å². The van der Waals surface area contributed by atoms with E-state index >= 15 is 0 Å². The van der Waals surface area contributed by atoms with Crippen LogP contribution in [-0.2, 0) is 0 Å². The second-order valence-electron chi connectivity index (χ2n) is 5.85. The van der Waals surface area contributed by atoms with Gasteiger partial charge in [0.25, 0.3) is 5.91 Å². The van der Waals surface area contributed by atoms with Crippen molar-refractivity contribution in [1.82, 2.24) is 9.88 Å². The molecule has 0 spiro atoms. The number of hydrogen-bond donors (Lipinski definition) is 0. The van der Waals surface area contributed by atoms with Crippen LogP contribution in [0, 0.1) is 5.41 Å². The number of amides is 1. The average molecular weight is 323 g/mol. The fourth-order valence-electron chi connectivity index (χ4n) is 2.22. The smallest absolute Gasteiger partial charge is 0.255 e. The Morgan fingerprint density at radius 1 is 1.37 bits per heavy atom. The van der Waals surface area contributed by atoms with Crippen molar-refractivity contribution in [3.05, 3.63) is 40.1 Å². The summed E-state index contributed by atoms with van der Waals surface area (Å²) in [7, 11) is 0. The molecular formula is C15H19BrN2O. The SMILES string of the molecule is CC(C)(C)C1=CCN(C(=O)c2ccc(Br)nc2)CC1. The van der Waals surface area contributed by atoms with E-state index in [0.29, 0.717) is 12.1 Å². The molecule has 0 saturated heterocycles. The number of carbonyl (C=O) groups is 1. The lowest BCUT2D eigenvalue weighted by molar-refractivity contribution is 0.0764. The van der Waals surface area contributed by atoms with E-state index in [0.717, 1.165) is 17.6 Å². The number of rotatable bonds is 1. The molecule has 0 saturated carbocycles. The van der Waals surface area contributed by atoms with Gasteiger partial charge in [0.05, 0.1) is 5.56 Å². The summed E-state index contributed by atoms with van der Waals surface area (Å²) in [6, 6.07) is 3.61. The van der Waals surface area contributed by atoms with Crippen molar-refractivity contribution in [1.29, 1.82) is 0 Å². The third-order valence-corrected chi connectivity index (χ3v) is 3.90. The maximum atomic E-state index is 12.3. The van der Waals surface area contributed by atoms with E-state index in [1.54, 1.807) is 12.3 Å². The Morgan fingerprint density at radius 2 is 2.11 bits per heavy atom. The molecular weight excluding hydrogens is 304 g/mol. The highest BCUT2D eigenvalue weighted by Crippen LogP contribution is 2.30. The first-order chi connectivity index (χ1) is 8.88. The second-order valence-corrected chi connectivity index (χ2v) is 6.66. The summed E-state index contributed by atoms with van der Waals surface area (Å²) in [6.07, 6.45) is 4.77. The Bertz CT molecular complexity index is 500. The van der Waals surface area contributed by atoms with Crippen molar-refractivity contribution < 1.29 is 4.79 Å². The van der Waals surface area contributed by atoms with Gasteiger partial charge in [0.1, 0.15) is 4.60 Å². The normalized spacial score (nSPS) is 16.2. The maximum absolute atomic E-state index is 12.3. The van der Waals surface area contributed by atoms with E-state index in [1.165, 1.54) is 5.57 Å². The van der Waals surface area contributed by atoms with Gasteiger partial charge >= 0.3 is 0 Å². The average Bonchev–Trinajstić information content (AvgIpc) is 2.38. The molecule has 0 aliphatic carbocycles. The van der Waals surface area contributed by atoms with Gasteiger partial charge in [-0.1, -0.05) is 32.4 Å². The molecule has 1 aliphatic rings. The number of pyridine rings is 1. The molecule has 0 atom stereocenters. The van der Waals surface area contributed by atoms with Gasteiger partial charge in [0.15, 0.2) is 0 Å².